The van der Waals surface area contributed by atoms with E-state index in [2.05, 4.69) is 15.9 Å². The van der Waals surface area contributed by atoms with E-state index < -0.39 is 0 Å². The van der Waals surface area contributed by atoms with Crippen LogP contribution in [0.4, 0.5) is 0 Å². The van der Waals surface area contributed by atoms with Crippen LogP contribution in [0, 0.1) is 0 Å². The molecule has 0 aromatic heterocycles. The number of hydrogen-bond donors (Lipinski definition) is 1. The van der Waals surface area contributed by atoms with Crippen molar-refractivity contribution in [1.82, 2.24) is 4.90 Å². The third-order valence-electron chi connectivity index (χ3n) is 3.22. The number of benzene rings is 1. The van der Waals surface area contributed by atoms with Crippen LogP contribution in [-0.2, 0) is 16.1 Å². The monoisotopic (exact) mass is 359 g/mol. The van der Waals surface area contributed by atoms with Crippen molar-refractivity contribution in [2.24, 2.45) is 0 Å². The second-order valence-corrected chi connectivity index (χ2v) is 5.39. The Labute approximate surface area is 131 Å². The number of rotatable bonds is 5. The Morgan fingerprint density at radius 2 is 2.10 bits per heavy atom. The third-order valence-corrected chi connectivity index (χ3v) is 3.96. The highest BCUT2D eigenvalue weighted by molar-refractivity contribution is 9.10. The van der Waals surface area contributed by atoms with E-state index in [4.69, 9.17) is 14.2 Å². The fraction of sp³-hybridized carbons (Fsp3) is 0.500. The predicted molar refractivity (Wildman–Crippen MR) is 79.5 cm³/mol. The predicted octanol–water partition coefficient (Wildman–Crippen LogP) is 1.19. The van der Waals surface area contributed by atoms with Crippen molar-refractivity contribution in [3.63, 3.8) is 0 Å². The Morgan fingerprint density at radius 1 is 1.38 bits per heavy atom. The van der Waals surface area contributed by atoms with Crippen LogP contribution in [0.2, 0.25) is 0 Å². The van der Waals surface area contributed by atoms with Gasteiger partial charge in [0.15, 0.2) is 18.1 Å². The molecule has 0 bridgehead atoms. The second-order valence-electron chi connectivity index (χ2n) is 4.53. The molecule has 0 saturated carbocycles. The zero-order chi connectivity index (χ0) is 15.2. The first kappa shape index (κ1) is 16.1. The maximum atomic E-state index is 12.0. The van der Waals surface area contributed by atoms with Crippen molar-refractivity contribution < 1.29 is 24.1 Å². The van der Waals surface area contributed by atoms with Crippen molar-refractivity contribution in [3.05, 3.63) is 22.2 Å². The smallest absolute Gasteiger partial charge is 0.260 e. The molecule has 21 heavy (non-hydrogen) atoms. The van der Waals surface area contributed by atoms with E-state index in [1.54, 1.807) is 17.0 Å². The first-order valence-electron chi connectivity index (χ1n) is 6.61. The Kier molecular flexibility index (Phi) is 5.84. The number of carbonyl (C=O) groups excluding carboxylic acids is 1. The zero-order valence-corrected chi connectivity index (χ0v) is 13.4. The van der Waals surface area contributed by atoms with Crippen molar-refractivity contribution in [2.75, 3.05) is 40.0 Å². The molecule has 1 aliphatic rings. The molecule has 1 aromatic rings. The van der Waals surface area contributed by atoms with Gasteiger partial charge in [-0.25, -0.2) is 0 Å². The summed E-state index contributed by atoms with van der Waals surface area (Å²) in [6.45, 7) is 2.14. The number of ether oxygens (including phenoxy) is 3. The standard InChI is InChI=1S/C14H18BrNO5/c1-19-12-6-10(8-17)11(15)7-13(12)21-9-14(18)16-2-4-20-5-3-16/h6-7,17H,2-5,8-9H2,1H3. The molecular formula is C14H18BrNO5. The number of methoxy groups -OCH3 is 1. The lowest BCUT2D eigenvalue weighted by atomic mass is 10.2. The second kappa shape index (κ2) is 7.63. The van der Waals surface area contributed by atoms with Crippen LogP contribution in [0.3, 0.4) is 0 Å². The molecular weight excluding hydrogens is 342 g/mol. The summed E-state index contributed by atoms with van der Waals surface area (Å²) in [6, 6.07) is 3.37. The van der Waals surface area contributed by atoms with Gasteiger partial charge in [0.25, 0.3) is 5.91 Å². The minimum atomic E-state index is -0.107. The first-order chi connectivity index (χ1) is 10.2. The van der Waals surface area contributed by atoms with Crippen LogP contribution >= 0.6 is 15.9 Å². The van der Waals surface area contributed by atoms with Gasteiger partial charge < -0.3 is 24.2 Å². The molecule has 1 amide bonds. The van der Waals surface area contributed by atoms with E-state index in [0.29, 0.717) is 47.8 Å². The number of carbonyl (C=O) groups is 1. The van der Waals surface area contributed by atoms with Gasteiger partial charge in [-0.05, 0) is 17.7 Å². The molecule has 1 heterocycles. The summed E-state index contributed by atoms with van der Waals surface area (Å²) in [6.07, 6.45) is 0. The zero-order valence-electron chi connectivity index (χ0n) is 11.8. The van der Waals surface area contributed by atoms with Crippen molar-refractivity contribution in [3.8, 4) is 11.5 Å². The fourth-order valence-corrected chi connectivity index (χ4v) is 2.46. The molecule has 0 aliphatic carbocycles. The summed E-state index contributed by atoms with van der Waals surface area (Å²) in [4.78, 5) is 13.7. The summed E-state index contributed by atoms with van der Waals surface area (Å²) in [5.41, 5.74) is 0.693. The molecule has 0 spiro atoms. The Morgan fingerprint density at radius 3 is 2.71 bits per heavy atom. The van der Waals surface area contributed by atoms with Crippen LogP contribution in [0.1, 0.15) is 5.56 Å². The minimum Gasteiger partial charge on any atom is -0.493 e. The summed E-state index contributed by atoms with van der Waals surface area (Å²) in [7, 11) is 1.51. The quantitative estimate of drug-likeness (QED) is 0.855. The number of morpholine rings is 1. The van der Waals surface area contributed by atoms with Gasteiger partial charge in [0.1, 0.15) is 0 Å². The van der Waals surface area contributed by atoms with Crippen LogP contribution in [0.15, 0.2) is 16.6 Å². The van der Waals surface area contributed by atoms with Crippen LogP contribution in [0.25, 0.3) is 0 Å². The molecule has 0 radical (unpaired) electrons. The number of aliphatic hydroxyl groups excluding tert-OH is 1. The molecule has 6 nitrogen and oxygen atoms in total. The van der Waals surface area contributed by atoms with Crippen molar-refractivity contribution >= 4 is 21.8 Å². The van der Waals surface area contributed by atoms with Gasteiger partial charge >= 0.3 is 0 Å². The average Bonchev–Trinajstić information content (AvgIpc) is 2.53. The molecule has 1 aliphatic heterocycles. The van der Waals surface area contributed by atoms with Crippen molar-refractivity contribution in [2.45, 2.75) is 6.61 Å². The number of halogens is 1. The van der Waals surface area contributed by atoms with Gasteiger partial charge in [-0.1, -0.05) is 15.9 Å². The fourth-order valence-electron chi connectivity index (χ4n) is 2.01. The molecule has 0 unspecified atom stereocenters. The Bertz CT molecular complexity index is 502. The Hall–Kier alpha value is -1.31. The van der Waals surface area contributed by atoms with E-state index >= 15 is 0 Å². The van der Waals surface area contributed by atoms with Gasteiger partial charge in [-0.2, -0.15) is 0 Å². The number of amides is 1. The van der Waals surface area contributed by atoms with E-state index in [1.807, 2.05) is 0 Å². The SMILES string of the molecule is COc1cc(CO)c(Br)cc1OCC(=O)N1CCOCC1. The highest BCUT2D eigenvalue weighted by Crippen LogP contribution is 2.33. The van der Waals surface area contributed by atoms with Gasteiger partial charge in [0.05, 0.1) is 26.9 Å². The summed E-state index contributed by atoms with van der Waals surface area (Å²) < 4.78 is 16.7. The molecule has 2 rings (SSSR count). The number of hydrogen-bond acceptors (Lipinski definition) is 5. The molecule has 116 valence electrons. The van der Waals surface area contributed by atoms with Crippen LogP contribution < -0.4 is 9.47 Å². The number of nitrogens with zero attached hydrogens (tertiary/aromatic N) is 1. The third kappa shape index (κ3) is 4.09. The molecule has 1 N–H and O–H groups in total. The topological polar surface area (TPSA) is 68.2 Å². The van der Waals surface area contributed by atoms with Gasteiger partial charge in [-0.3, -0.25) is 4.79 Å². The summed E-state index contributed by atoms with van der Waals surface area (Å²) in [5.74, 6) is 0.864. The van der Waals surface area contributed by atoms with Gasteiger partial charge in [-0.15, -0.1) is 0 Å². The maximum absolute atomic E-state index is 12.0. The van der Waals surface area contributed by atoms with E-state index in [0.717, 1.165) is 0 Å². The largest absolute Gasteiger partial charge is 0.493 e. The Balaban J connectivity index is 2.01. The highest BCUT2D eigenvalue weighted by atomic mass is 79.9. The average molecular weight is 360 g/mol. The molecule has 1 saturated heterocycles. The lowest BCUT2D eigenvalue weighted by molar-refractivity contribution is -0.137. The van der Waals surface area contributed by atoms with E-state index in [-0.39, 0.29) is 19.1 Å². The molecule has 1 fully saturated rings. The first-order valence-corrected chi connectivity index (χ1v) is 7.40. The van der Waals surface area contributed by atoms with E-state index in [9.17, 15) is 9.90 Å². The van der Waals surface area contributed by atoms with Crippen LogP contribution in [0.5, 0.6) is 11.5 Å². The summed E-state index contributed by atoms with van der Waals surface area (Å²) in [5, 5.41) is 9.22. The minimum absolute atomic E-state index is 0.0543. The van der Waals surface area contributed by atoms with Crippen LogP contribution in [-0.4, -0.2) is 55.9 Å². The lowest BCUT2D eigenvalue weighted by Gasteiger charge is -2.26. The molecule has 1 aromatic carbocycles. The molecule has 0 atom stereocenters. The lowest BCUT2D eigenvalue weighted by Crippen LogP contribution is -2.43. The molecule has 7 heteroatoms. The van der Waals surface area contributed by atoms with Gasteiger partial charge in [0, 0.05) is 17.6 Å². The maximum Gasteiger partial charge on any atom is 0.260 e. The van der Waals surface area contributed by atoms with E-state index in [1.165, 1.54) is 7.11 Å². The summed E-state index contributed by atoms with van der Waals surface area (Å²) >= 11 is 3.35. The highest BCUT2D eigenvalue weighted by Gasteiger charge is 2.18. The van der Waals surface area contributed by atoms with Crippen molar-refractivity contribution in [1.29, 1.82) is 0 Å². The number of aliphatic hydroxyl groups is 1. The normalized spacial score (nSPS) is 14.9. The van der Waals surface area contributed by atoms with Gasteiger partial charge in [0.2, 0.25) is 0 Å².